The standard InChI is InChI=1S/C25H27F2N3O5/c1-34-20-10-16(6-7-17(20)26)11-28-25(33)23-29-19-9-8-18(27)22(21(19)24(32)30-23)35-13-15-4-2-14(12-31)3-5-15/h6-10,14-15,31H,2-5,11-13H2,1H3,(H,28,33)(H,29,30,32). The molecule has 1 saturated carbocycles. The fourth-order valence-corrected chi connectivity index (χ4v) is 4.29. The Bertz CT molecular complexity index is 1270. The van der Waals surface area contributed by atoms with Crippen molar-refractivity contribution in [3.8, 4) is 11.5 Å². The Hall–Kier alpha value is -3.53. The zero-order valence-corrected chi connectivity index (χ0v) is 19.3. The maximum atomic E-state index is 14.6. The van der Waals surface area contributed by atoms with Crippen LogP contribution in [0.2, 0.25) is 0 Å². The summed E-state index contributed by atoms with van der Waals surface area (Å²) in [7, 11) is 1.34. The lowest BCUT2D eigenvalue weighted by Crippen LogP contribution is -2.28. The SMILES string of the molecule is COc1cc(CNC(=O)c2nc3ccc(F)c(OCC4CCC(CO)CC4)c3c(=O)[nH]2)ccc1F. The first-order valence-electron chi connectivity index (χ1n) is 11.5. The molecule has 1 aliphatic carbocycles. The van der Waals surface area contributed by atoms with Crippen LogP contribution in [-0.2, 0) is 6.54 Å². The zero-order valence-electron chi connectivity index (χ0n) is 19.3. The Labute approximate surface area is 200 Å². The number of nitrogens with one attached hydrogen (secondary N) is 2. The lowest BCUT2D eigenvalue weighted by Gasteiger charge is -2.27. The summed E-state index contributed by atoms with van der Waals surface area (Å²) in [5.74, 6) is -1.74. The van der Waals surface area contributed by atoms with E-state index in [0.29, 0.717) is 11.5 Å². The van der Waals surface area contributed by atoms with Gasteiger partial charge in [0.05, 0.1) is 19.2 Å². The number of aromatic amines is 1. The molecule has 0 bridgehead atoms. The Morgan fingerprint density at radius 1 is 1.14 bits per heavy atom. The number of aromatic nitrogens is 2. The lowest BCUT2D eigenvalue weighted by atomic mass is 9.83. The molecule has 1 aromatic heterocycles. The number of halogens is 2. The van der Waals surface area contributed by atoms with Gasteiger partial charge in [0.2, 0.25) is 0 Å². The van der Waals surface area contributed by atoms with E-state index < -0.39 is 23.1 Å². The minimum atomic E-state index is -0.693. The van der Waals surface area contributed by atoms with Gasteiger partial charge in [0.25, 0.3) is 11.5 Å². The number of hydrogen-bond acceptors (Lipinski definition) is 6. The van der Waals surface area contributed by atoms with Crippen molar-refractivity contribution in [2.75, 3.05) is 20.3 Å². The fraction of sp³-hybridized carbons (Fsp3) is 0.400. The molecule has 10 heteroatoms. The molecule has 3 aromatic rings. The minimum Gasteiger partial charge on any atom is -0.494 e. The van der Waals surface area contributed by atoms with Crippen LogP contribution in [0.4, 0.5) is 8.78 Å². The molecule has 186 valence electrons. The summed E-state index contributed by atoms with van der Waals surface area (Å²) < 4.78 is 38.8. The molecular formula is C25H27F2N3O5. The molecule has 35 heavy (non-hydrogen) atoms. The third kappa shape index (κ3) is 5.59. The maximum Gasteiger partial charge on any atom is 0.287 e. The molecule has 0 atom stereocenters. The van der Waals surface area contributed by atoms with Crippen LogP contribution >= 0.6 is 0 Å². The number of rotatable bonds is 8. The van der Waals surface area contributed by atoms with Crippen molar-refractivity contribution in [3.05, 3.63) is 63.7 Å². The van der Waals surface area contributed by atoms with Crippen LogP contribution in [-0.4, -0.2) is 41.3 Å². The van der Waals surface area contributed by atoms with E-state index in [0.717, 1.165) is 31.7 Å². The van der Waals surface area contributed by atoms with Crippen LogP contribution in [0.15, 0.2) is 35.1 Å². The third-order valence-electron chi connectivity index (χ3n) is 6.35. The zero-order chi connectivity index (χ0) is 24.9. The van der Waals surface area contributed by atoms with Gasteiger partial charge in [0.1, 0.15) is 5.39 Å². The number of carbonyl (C=O) groups is 1. The second-order valence-corrected chi connectivity index (χ2v) is 8.72. The van der Waals surface area contributed by atoms with Crippen molar-refractivity contribution in [1.82, 2.24) is 15.3 Å². The van der Waals surface area contributed by atoms with Crippen LogP contribution in [0.1, 0.15) is 41.9 Å². The lowest BCUT2D eigenvalue weighted by molar-refractivity contribution is 0.0940. The monoisotopic (exact) mass is 487 g/mol. The predicted molar refractivity (Wildman–Crippen MR) is 124 cm³/mol. The number of ether oxygens (including phenoxy) is 2. The molecule has 1 aliphatic rings. The van der Waals surface area contributed by atoms with Gasteiger partial charge in [0.15, 0.2) is 29.0 Å². The number of aliphatic hydroxyl groups excluding tert-OH is 1. The van der Waals surface area contributed by atoms with Gasteiger partial charge in [-0.05, 0) is 67.3 Å². The minimum absolute atomic E-state index is 0.0463. The second-order valence-electron chi connectivity index (χ2n) is 8.72. The summed E-state index contributed by atoms with van der Waals surface area (Å²) in [4.78, 5) is 32.0. The van der Waals surface area contributed by atoms with E-state index >= 15 is 0 Å². The van der Waals surface area contributed by atoms with E-state index in [2.05, 4.69) is 15.3 Å². The number of H-pyrrole nitrogens is 1. The molecule has 3 N–H and O–H groups in total. The molecule has 8 nitrogen and oxygen atoms in total. The van der Waals surface area contributed by atoms with Gasteiger partial charge >= 0.3 is 0 Å². The summed E-state index contributed by atoms with van der Waals surface area (Å²) >= 11 is 0. The fourth-order valence-electron chi connectivity index (χ4n) is 4.29. The van der Waals surface area contributed by atoms with Crippen LogP contribution in [0.3, 0.4) is 0 Å². The molecule has 1 fully saturated rings. The molecule has 1 amide bonds. The number of methoxy groups -OCH3 is 1. The highest BCUT2D eigenvalue weighted by molar-refractivity contribution is 5.93. The first-order valence-corrected chi connectivity index (χ1v) is 11.5. The van der Waals surface area contributed by atoms with Crippen LogP contribution in [0, 0.1) is 23.5 Å². The first kappa shape index (κ1) is 24.6. The topological polar surface area (TPSA) is 114 Å². The second kappa shape index (κ2) is 10.8. The van der Waals surface area contributed by atoms with Crippen molar-refractivity contribution in [2.24, 2.45) is 11.8 Å². The average Bonchev–Trinajstić information content (AvgIpc) is 2.87. The smallest absolute Gasteiger partial charge is 0.287 e. The van der Waals surface area contributed by atoms with Crippen molar-refractivity contribution in [3.63, 3.8) is 0 Å². The quantitative estimate of drug-likeness (QED) is 0.449. The summed E-state index contributed by atoms with van der Waals surface area (Å²) in [5.41, 5.74) is 0.0235. The van der Waals surface area contributed by atoms with Gasteiger partial charge in [-0.2, -0.15) is 0 Å². The largest absolute Gasteiger partial charge is 0.494 e. The number of fused-ring (bicyclic) bond motifs is 1. The Balaban J connectivity index is 1.49. The van der Waals surface area contributed by atoms with Gasteiger partial charge < -0.3 is 24.9 Å². The molecule has 1 heterocycles. The molecule has 4 rings (SSSR count). The summed E-state index contributed by atoms with van der Waals surface area (Å²) in [5, 5.41) is 11.8. The number of hydrogen-bond donors (Lipinski definition) is 3. The highest BCUT2D eigenvalue weighted by atomic mass is 19.1. The average molecular weight is 488 g/mol. The van der Waals surface area contributed by atoms with Crippen molar-refractivity contribution < 1.29 is 28.2 Å². The van der Waals surface area contributed by atoms with E-state index in [1.54, 1.807) is 0 Å². The summed E-state index contributed by atoms with van der Waals surface area (Å²) in [6, 6.07) is 6.65. The first-order chi connectivity index (χ1) is 16.9. The Morgan fingerprint density at radius 2 is 1.86 bits per heavy atom. The van der Waals surface area contributed by atoms with Gasteiger partial charge in [-0.15, -0.1) is 0 Å². The van der Waals surface area contributed by atoms with Gasteiger partial charge in [-0.25, -0.2) is 13.8 Å². The van der Waals surface area contributed by atoms with E-state index in [4.69, 9.17) is 9.47 Å². The Morgan fingerprint density at radius 3 is 2.57 bits per heavy atom. The predicted octanol–water partition coefficient (Wildman–Crippen LogP) is 3.32. The molecule has 2 aromatic carbocycles. The van der Waals surface area contributed by atoms with Gasteiger partial charge in [0, 0.05) is 13.2 Å². The molecular weight excluding hydrogens is 460 g/mol. The number of nitrogens with zero attached hydrogens (tertiary/aromatic N) is 1. The highest BCUT2D eigenvalue weighted by Gasteiger charge is 2.23. The summed E-state index contributed by atoms with van der Waals surface area (Å²) in [6.45, 7) is 0.463. The van der Waals surface area contributed by atoms with Crippen molar-refractivity contribution in [1.29, 1.82) is 0 Å². The van der Waals surface area contributed by atoms with Crippen molar-refractivity contribution >= 4 is 16.8 Å². The normalized spacial score (nSPS) is 17.8. The number of benzene rings is 2. The molecule has 0 unspecified atom stereocenters. The van der Waals surface area contributed by atoms with Crippen LogP contribution < -0.4 is 20.3 Å². The molecule has 0 aliphatic heterocycles. The third-order valence-corrected chi connectivity index (χ3v) is 6.35. The Kier molecular flexibility index (Phi) is 7.60. The van der Waals surface area contributed by atoms with Crippen molar-refractivity contribution in [2.45, 2.75) is 32.2 Å². The maximum absolute atomic E-state index is 14.6. The highest BCUT2D eigenvalue weighted by Crippen LogP contribution is 2.31. The van der Waals surface area contributed by atoms with Crippen LogP contribution in [0.5, 0.6) is 11.5 Å². The molecule has 0 spiro atoms. The van der Waals surface area contributed by atoms with E-state index in [-0.39, 0.29) is 53.9 Å². The van der Waals surface area contributed by atoms with E-state index in [9.17, 15) is 23.5 Å². The molecule has 0 radical (unpaired) electrons. The van der Waals surface area contributed by atoms with Gasteiger partial charge in [-0.3, -0.25) is 9.59 Å². The van der Waals surface area contributed by atoms with E-state index in [1.165, 1.54) is 31.4 Å². The van der Waals surface area contributed by atoms with Crippen LogP contribution in [0.25, 0.3) is 10.9 Å². The number of aliphatic hydroxyl groups is 1. The number of amides is 1. The molecule has 0 saturated heterocycles. The van der Waals surface area contributed by atoms with E-state index in [1.807, 2.05) is 0 Å². The van der Waals surface area contributed by atoms with Gasteiger partial charge in [-0.1, -0.05) is 6.07 Å². The number of carbonyl (C=O) groups excluding carboxylic acids is 1. The summed E-state index contributed by atoms with van der Waals surface area (Å²) in [6.07, 6.45) is 3.48.